The van der Waals surface area contributed by atoms with Gasteiger partial charge in [0.15, 0.2) is 17.3 Å². The molecule has 6 nitrogen and oxygen atoms in total. The van der Waals surface area contributed by atoms with Crippen molar-refractivity contribution in [2.24, 2.45) is 5.92 Å². The lowest BCUT2D eigenvalue weighted by Gasteiger charge is -2.12. The monoisotopic (exact) mass is 397 g/mol. The van der Waals surface area contributed by atoms with Gasteiger partial charge < -0.3 is 24.1 Å². The minimum absolute atomic E-state index is 0.187. The normalized spacial score (nSPS) is 10.9. The lowest BCUT2D eigenvalue weighted by molar-refractivity contribution is -0.307. The third kappa shape index (κ3) is 7.33. The van der Waals surface area contributed by atoms with Gasteiger partial charge in [0, 0.05) is 5.56 Å². The molecule has 29 heavy (non-hydrogen) atoms. The number of carbonyl (C=O) groups is 2. The molecule has 0 saturated heterocycles. The molecule has 0 aliphatic carbocycles. The molecule has 6 heteroatoms. The number of carboxylic acid groups (broad SMARTS) is 1. The van der Waals surface area contributed by atoms with Crippen molar-refractivity contribution < 1.29 is 28.9 Å². The number of carboxylic acids is 1. The summed E-state index contributed by atoms with van der Waals surface area (Å²) >= 11 is 0. The molecule has 0 aliphatic heterocycles. The minimum atomic E-state index is -1.31. The van der Waals surface area contributed by atoms with Gasteiger partial charge in [0.25, 0.3) is 0 Å². The Bertz CT molecular complexity index is 852. The van der Waals surface area contributed by atoms with Crippen molar-refractivity contribution in [2.75, 3.05) is 20.3 Å². The van der Waals surface area contributed by atoms with Crippen molar-refractivity contribution in [3.63, 3.8) is 0 Å². The number of rotatable bonds is 11. The third-order valence-electron chi connectivity index (χ3n) is 4.06. The maximum Gasteiger partial charge on any atom is 0.185 e. The van der Waals surface area contributed by atoms with Gasteiger partial charge in [-0.05, 0) is 60.4 Å². The molecule has 0 spiro atoms. The fraction of sp³-hybridized carbons (Fsp3) is 0.304. The molecule has 2 rings (SSSR count). The van der Waals surface area contributed by atoms with Crippen molar-refractivity contribution in [1.82, 2.24) is 0 Å². The van der Waals surface area contributed by atoms with E-state index in [0.717, 1.165) is 12.0 Å². The lowest BCUT2D eigenvalue weighted by atomic mass is 10.1. The molecule has 0 unspecified atom stereocenters. The second-order valence-corrected chi connectivity index (χ2v) is 6.82. The van der Waals surface area contributed by atoms with Crippen LogP contribution in [0, 0.1) is 5.92 Å². The zero-order valence-electron chi connectivity index (χ0n) is 16.8. The van der Waals surface area contributed by atoms with Gasteiger partial charge in [0.2, 0.25) is 0 Å². The number of allylic oxidation sites excluding steroid dienone is 1. The zero-order chi connectivity index (χ0) is 21.2. The van der Waals surface area contributed by atoms with E-state index >= 15 is 0 Å². The van der Waals surface area contributed by atoms with Gasteiger partial charge in [0.05, 0.1) is 19.7 Å². The average molecular weight is 397 g/mol. The summed E-state index contributed by atoms with van der Waals surface area (Å²) in [6.45, 7) is 4.36. The van der Waals surface area contributed by atoms with E-state index in [1.807, 2.05) is 18.2 Å². The highest BCUT2D eigenvalue weighted by Crippen LogP contribution is 2.29. The fourth-order valence-electron chi connectivity index (χ4n) is 2.44. The second-order valence-electron chi connectivity index (χ2n) is 6.82. The second kappa shape index (κ2) is 10.9. The van der Waals surface area contributed by atoms with Crippen molar-refractivity contribution in [3.8, 4) is 17.2 Å². The Labute approximate surface area is 170 Å². The number of carbonyl (C=O) groups excluding carboxylic acids is 2. The zero-order valence-corrected chi connectivity index (χ0v) is 16.8. The molecule has 154 valence electrons. The number of ether oxygens (including phenoxy) is 3. The van der Waals surface area contributed by atoms with E-state index in [0.29, 0.717) is 35.3 Å². The van der Waals surface area contributed by atoms with E-state index in [4.69, 9.17) is 14.2 Å². The Morgan fingerprint density at radius 3 is 2.38 bits per heavy atom. The van der Waals surface area contributed by atoms with E-state index in [-0.39, 0.29) is 5.78 Å². The van der Waals surface area contributed by atoms with Gasteiger partial charge >= 0.3 is 0 Å². The predicted molar refractivity (Wildman–Crippen MR) is 108 cm³/mol. The van der Waals surface area contributed by atoms with Crippen LogP contribution in [-0.2, 0) is 4.79 Å². The fourth-order valence-corrected chi connectivity index (χ4v) is 2.44. The van der Waals surface area contributed by atoms with Gasteiger partial charge in [-0.3, -0.25) is 4.79 Å². The van der Waals surface area contributed by atoms with Crippen molar-refractivity contribution in [3.05, 3.63) is 59.7 Å². The molecule has 0 amide bonds. The predicted octanol–water partition coefficient (Wildman–Crippen LogP) is 3.14. The topological polar surface area (TPSA) is 84.9 Å². The number of hydrogen-bond acceptors (Lipinski definition) is 6. The first kappa shape index (κ1) is 22.0. The maximum atomic E-state index is 12.3. The summed E-state index contributed by atoms with van der Waals surface area (Å²) in [5.74, 6) is 0.700. The average Bonchev–Trinajstić information content (AvgIpc) is 2.71. The highest BCUT2D eigenvalue weighted by atomic mass is 16.5. The van der Waals surface area contributed by atoms with Crippen LogP contribution in [0.5, 0.6) is 17.2 Å². The smallest absolute Gasteiger partial charge is 0.185 e. The Kier molecular flexibility index (Phi) is 8.27. The van der Waals surface area contributed by atoms with E-state index in [9.17, 15) is 14.7 Å². The minimum Gasteiger partial charge on any atom is -0.546 e. The van der Waals surface area contributed by atoms with Gasteiger partial charge in [0.1, 0.15) is 12.4 Å². The first-order chi connectivity index (χ1) is 13.9. The van der Waals surface area contributed by atoms with E-state index in [2.05, 4.69) is 13.8 Å². The van der Waals surface area contributed by atoms with Crippen LogP contribution in [0.25, 0.3) is 6.08 Å². The van der Waals surface area contributed by atoms with Crippen LogP contribution in [0.2, 0.25) is 0 Å². The summed E-state index contributed by atoms with van der Waals surface area (Å²) in [5, 5.41) is 10.4. The summed E-state index contributed by atoms with van der Waals surface area (Å²) in [4.78, 5) is 22.7. The van der Waals surface area contributed by atoms with Gasteiger partial charge in [-0.25, -0.2) is 0 Å². The molecule has 0 atom stereocenters. The number of hydrogen-bond donors (Lipinski definition) is 0. The van der Waals surface area contributed by atoms with E-state index < -0.39 is 12.6 Å². The van der Waals surface area contributed by atoms with Crippen LogP contribution in [-0.4, -0.2) is 32.1 Å². The highest BCUT2D eigenvalue weighted by Gasteiger charge is 2.07. The Morgan fingerprint density at radius 2 is 1.76 bits per heavy atom. The molecule has 2 aromatic carbocycles. The number of methoxy groups -OCH3 is 1. The third-order valence-corrected chi connectivity index (χ3v) is 4.06. The quantitative estimate of drug-likeness (QED) is 0.428. The van der Waals surface area contributed by atoms with Crippen LogP contribution in [0.1, 0.15) is 36.2 Å². The lowest BCUT2D eigenvalue weighted by Crippen LogP contribution is -2.28. The van der Waals surface area contributed by atoms with E-state index in [1.165, 1.54) is 18.2 Å². The van der Waals surface area contributed by atoms with Crippen LogP contribution in [0.15, 0.2) is 48.5 Å². The molecule has 2 aromatic rings. The van der Waals surface area contributed by atoms with Crippen LogP contribution >= 0.6 is 0 Å². The van der Waals surface area contributed by atoms with Gasteiger partial charge in [-0.2, -0.15) is 0 Å². The van der Waals surface area contributed by atoms with Crippen molar-refractivity contribution in [2.45, 2.75) is 20.3 Å². The number of benzene rings is 2. The number of ketones is 1. The summed E-state index contributed by atoms with van der Waals surface area (Å²) in [6, 6.07) is 11.7. The Morgan fingerprint density at radius 1 is 1.03 bits per heavy atom. The molecular weight excluding hydrogens is 372 g/mol. The molecule has 0 aromatic heterocycles. The summed E-state index contributed by atoms with van der Waals surface area (Å²) in [6.07, 6.45) is 4.12. The molecule has 0 bridgehead atoms. The maximum absolute atomic E-state index is 12.3. The Hall–Kier alpha value is -3.28. The summed E-state index contributed by atoms with van der Waals surface area (Å²) in [7, 11) is 1.58. The SMILES string of the molecule is COc1cc(/C=C/C(=O)c2ccc(OCC(=O)[O-])cc2)ccc1OCCC(C)C. The van der Waals surface area contributed by atoms with Gasteiger partial charge in [-0.1, -0.05) is 26.0 Å². The van der Waals surface area contributed by atoms with Crippen molar-refractivity contribution >= 4 is 17.8 Å². The van der Waals surface area contributed by atoms with E-state index in [1.54, 1.807) is 25.3 Å². The molecule has 0 saturated carbocycles. The molecule has 0 heterocycles. The number of aliphatic carboxylic acids is 1. The molecule has 0 aliphatic rings. The van der Waals surface area contributed by atoms with Crippen LogP contribution in [0.4, 0.5) is 0 Å². The largest absolute Gasteiger partial charge is 0.546 e. The van der Waals surface area contributed by atoms with Crippen LogP contribution in [0.3, 0.4) is 0 Å². The highest BCUT2D eigenvalue weighted by molar-refractivity contribution is 6.06. The van der Waals surface area contributed by atoms with Gasteiger partial charge in [-0.15, -0.1) is 0 Å². The standard InChI is InChI=1S/C23H26O6/c1-16(2)12-13-28-21-11-5-17(14-22(21)27-3)4-10-20(24)18-6-8-19(9-7-18)29-15-23(25)26/h4-11,14,16H,12-13,15H2,1-3H3,(H,25,26)/p-1/b10-4+. The summed E-state index contributed by atoms with van der Waals surface area (Å²) < 4.78 is 16.1. The first-order valence-electron chi connectivity index (χ1n) is 9.35. The van der Waals surface area contributed by atoms with Crippen molar-refractivity contribution in [1.29, 1.82) is 0 Å². The Balaban J connectivity index is 2.00. The first-order valence-corrected chi connectivity index (χ1v) is 9.35. The summed E-state index contributed by atoms with van der Waals surface area (Å²) in [5.41, 5.74) is 1.27. The molecule has 0 N–H and O–H groups in total. The molecular formula is C23H25O6-. The molecule has 0 fully saturated rings. The molecule has 0 radical (unpaired) electrons. The van der Waals surface area contributed by atoms with Crippen LogP contribution < -0.4 is 19.3 Å².